The quantitative estimate of drug-likeness (QED) is 0.0715. The van der Waals surface area contributed by atoms with Crippen molar-refractivity contribution in [3.05, 3.63) is 162 Å². The molecule has 2 N–H and O–H groups in total. The lowest BCUT2D eigenvalue weighted by Gasteiger charge is -2.55. The van der Waals surface area contributed by atoms with Gasteiger partial charge in [0.15, 0.2) is 14.6 Å². The van der Waals surface area contributed by atoms with Gasteiger partial charge in [-0.3, -0.25) is 4.79 Å². The summed E-state index contributed by atoms with van der Waals surface area (Å²) in [7, 11) is 0.592. The van der Waals surface area contributed by atoms with E-state index in [9.17, 15) is 9.90 Å². The molecule has 0 aromatic heterocycles. The average molecular weight is 1010 g/mol. The number of fused-ring (bicyclic) bond motifs is 1. The van der Waals surface area contributed by atoms with E-state index >= 15 is 0 Å². The molecule has 5 aromatic rings. The van der Waals surface area contributed by atoms with E-state index in [1.807, 2.05) is 127 Å². The molecule has 0 spiro atoms. The van der Waals surface area contributed by atoms with Crippen molar-refractivity contribution in [1.82, 2.24) is 5.32 Å². The Morgan fingerprint density at radius 2 is 1.24 bits per heavy atom. The highest BCUT2D eigenvalue weighted by Crippen LogP contribution is 2.45. The van der Waals surface area contributed by atoms with Crippen LogP contribution in [0.15, 0.2) is 140 Å². The summed E-state index contributed by atoms with van der Waals surface area (Å²) in [6.07, 6.45) is -9.30. The number of hydrogen-bond donors (Lipinski definition) is 2. The fourth-order valence-corrected chi connectivity index (χ4v) is 10.6. The first kappa shape index (κ1) is 53.1. The third-order valence-electron chi connectivity index (χ3n) is 14.1. The molecular weight excluding hydrogens is 935 g/mol. The van der Waals surface area contributed by atoms with Gasteiger partial charge in [-0.25, -0.2) is 0 Å². The maximum Gasteiger partial charge on any atom is 0.229 e. The summed E-state index contributed by atoms with van der Waals surface area (Å²) < 4.78 is 73.0. The Kier molecular flexibility index (Phi) is 17.9. The van der Waals surface area contributed by atoms with E-state index in [1.54, 1.807) is 26.4 Å². The minimum Gasteiger partial charge on any atom is -0.497 e. The standard InChI is InChI=1S/C57H71NO13Si/c1-37(59)58-48-52(68-46-36-66-55(41-22-16-11-17-23-41)70-50(46)53(48)71-72(7,8)57(2,3)4)49(60)47-45(35-63-32-40-24-26-42(61-5)27-25-40)69-56(67-44-30-28-43(62-6)29-31-44)54(65-34-39-20-14-10-15-21-39)51(47)64-33-38-18-12-9-13-19-38/h9-31,45-56,60H,32-36H2,1-8H3,(H,58,59)/t45-,46-,47+,48+,49-,50-,51+,52-,53-,54-,55?,56-/m1/s1. The summed E-state index contributed by atoms with van der Waals surface area (Å²) in [6, 6.07) is 43.3. The number of rotatable bonds is 20. The molecule has 14 nitrogen and oxygen atoms in total. The molecule has 3 heterocycles. The second kappa shape index (κ2) is 24.2. The fourth-order valence-electron chi connectivity index (χ4n) is 9.28. The molecule has 8 rings (SSSR count). The van der Waals surface area contributed by atoms with Crippen molar-refractivity contribution < 1.29 is 61.7 Å². The molecule has 1 unspecified atom stereocenters. The number of amides is 1. The monoisotopic (exact) mass is 1010 g/mol. The molecule has 1 amide bonds. The Hall–Kier alpha value is -5.17. The van der Waals surface area contributed by atoms with Crippen molar-refractivity contribution in [2.24, 2.45) is 5.92 Å². The van der Waals surface area contributed by atoms with E-state index in [0.29, 0.717) is 11.5 Å². The normalized spacial score (nSPS) is 27.0. The Bertz CT molecular complexity index is 2430. The van der Waals surface area contributed by atoms with Crippen LogP contribution >= 0.6 is 0 Å². The maximum absolute atomic E-state index is 13.6. The highest BCUT2D eigenvalue weighted by molar-refractivity contribution is 6.74. The lowest BCUT2D eigenvalue weighted by molar-refractivity contribution is -0.335. The van der Waals surface area contributed by atoms with Crippen molar-refractivity contribution in [2.75, 3.05) is 27.4 Å². The van der Waals surface area contributed by atoms with Gasteiger partial charge in [-0.05, 0) is 71.2 Å². The Morgan fingerprint density at radius 3 is 1.81 bits per heavy atom. The summed E-state index contributed by atoms with van der Waals surface area (Å²) in [5, 5.41) is 16.5. The number of methoxy groups -OCH3 is 2. The number of carbonyl (C=O) groups is 1. The van der Waals surface area contributed by atoms with Gasteiger partial charge in [0.25, 0.3) is 0 Å². The van der Waals surface area contributed by atoms with Gasteiger partial charge in [0.2, 0.25) is 12.2 Å². The van der Waals surface area contributed by atoms with E-state index < -0.39 is 81.7 Å². The van der Waals surface area contributed by atoms with Crippen molar-refractivity contribution in [2.45, 2.75) is 133 Å². The zero-order chi connectivity index (χ0) is 50.8. The predicted molar refractivity (Wildman–Crippen MR) is 273 cm³/mol. The number of aliphatic hydroxyl groups is 1. The van der Waals surface area contributed by atoms with Gasteiger partial charge in [0.1, 0.15) is 41.7 Å². The van der Waals surface area contributed by atoms with Crippen LogP contribution in [-0.2, 0) is 62.2 Å². The third-order valence-corrected chi connectivity index (χ3v) is 18.6. The van der Waals surface area contributed by atoms with Crippen LogP contribution in [-0.4, -0.2) is 108 Å². The van der Waals surface area contributed by atoms with Crippen molar-refractivity contribution in [3.63, 3.8) is 0 Å². The van der Waals surface area contributed by atoms with Crippen LogP contribution < -0.4 is 19.5 Å². The number of ether oxygens (including phenoxy) is 10. The van der Waals surface area contributed by atoms with Crippen LogP contribution in [0.25, 0.3) is 0 Å². The van der Waals surface area contributed by atoms with Gasteiger partial charge in [-0.2, -0.15) is 0 Å². The van der Waals surface area contributed by atoms with Crippen LogP contribution in [0.5, 0.6) is 17.2 Å². The van der Waals surface area contributed by atoms with Gasteiger partial charge in [0.05, 0.1) is 77.7 Å². The molecule has 12 atom stereocenters. The predicted octanol–water partition coefficient (Wildman–Crippen LogP) is 8.95. The van der Waals surface area contributed by atoms with Gasteiger partial charge >= 0.3 is 0 Å². The molecule has 0 saturated carbocycles. The van der Waals surface area contributed by atoms with Crippen molar-refractivity contribution in [3.8, 4) is 17.2 Å². The van der Waals surface area contributed by atoms with Gasteiger partial charge in [-0.1, -0.05) is 124 Å². The third kappa shape index (κ3) is 13.1. The lowest BCUT2D eigenvalue weighted by Crippen LogP contribution is -2.73. The molecule has 3 aliphatic rings. The molecule has 0 bridgehead atoms. The largest absolute Gasteiger partial charge is 0.497 e. The van der Waals surface area contributed by atoms with Crippen molar-refractivity contribution in [1.29, 1.82) is 0 Å². The molecular formula is C57H71NO13Si. The number of aliphatic hydroxyl groups excluding tert-OH is 1. The van der Waals surface area contributed by atoms with Crippen LogP contribution in [0.4, 0.5) is 0 Å². The number of benzene rings is 5. The molecule has 3 aliphatic heterocycles. The van der Waals surface area contributed by atoms with Gasteiger partial charge in [-0.15, -0.1) is 0 Å². The zero-order valence-electron chi connectivity index (χ0n) is 42.6. The molecule has 72 heavy (non-hydrogen) atoms. The average Bonchev–Trinajstić information content (AvgIpc) is 3.38. The van der Waals surface area contributed by atoms with E-state index in [2.05, 4.69) is 39.2 Å². The molecule has 0 radical (unpaired) electrons. The first-order valence-corrected chi connectivity index (χ1v) is 27.7. The smallest absolute Gasteiger partial charge is 0.229 e. The number of nitrogens with one attached hydrogen (secondary N) is 1. The topological polar surface area (TPSA) is 151 Å². The van der Waals surface area contributed by atoms with E-state index in [-0.39, 0.29) is 44.0 Å². The molecule has 3 saturated heterocycles. The first-order chi connectivity index (χ1) is 34.7. The minimum atomic E-state index is -2.64. The summed E-state index contributed by atoms with van der Waals surface area (Å²) >= 11 is 0. The Balaban J connectivity index is 1.22. The van der Waals surface area contributed by atoms with Gasteiger partial charge < -0.3 is 62.2 Å². The van der Waals surface area contributed by atoms with E-state index in [4.69, 9.17) is 51.8 Å². The number of hydrogen-bond acceptors (Lipinski definition) is 13. The van der Waals surface area contributed by atoms with Crippen LogP contribution in [0.1, 0.15) is 56.2 Å². The summed E-state index contributed by atoms with van der Waals surface area (Å²) in [4.78, 5) is 13.6. The van der Waals surface area contributed by atoms with Crippen LogP contribution in [0.2, 0.25) is 18.1 Å². The molecule has 5 aromatic carbocycles. The van der Waals surface area contributed by atoms with Crippen LogP contribution in [0, 0.1) is 5.92 Å². The lowest BCUT2D eigenvalue weighted by atomic mass is 9.78. The second-order valence-electron chi connectivity index (χ2n) is 20.2. The molecule has 0 aliphatic carbocycles. The molecule has 3 fully saturated rings. The minimum absolute atomic E-state index is 0.00865. The van der Waals surface area contributed by atoms with Crippen molar-refractivity contribution >= 4 is 14.2 Å². The van der Waals surface area contributed by atoms with E-state index in [1.165, 1.54) is 6.92 Å². The zero-order valence-corrected chi connectivity index (χ0v) is 43.6. The Morgan fingerprint density at radius 1 is 0.694 bits per heavy atom. The fraction of sp³-hybridized carbons (Fsp3) is 0.456. The first-order valence-electron chi connectivity index (χ1n) is 24.8. The molecule has 15 heteroatoms. The number of carbonyl (C=O) groups excluding carboxylic acids is 1. The Labute approximate surface area is 425 Å². The molecule has 386 valence electrons. The maximum atomic E-state index is 13.6. The second-order valence-corrected chi connectivity index (χ2v) is 24.9. The SMILES string of the molecule is COc1ccc(COC[C@H]2O[C@@H](Oc3ccc(OC)cc3)[C@H](OCc3ccccc3)[C@@H](OCc3ccccc3)[C@@H]2[C@@H](O)[C@@H]2O[C@@H]3COC(c4ccccc4)O[C@H]3[C@H](O[Si](C)(C)C(C)(C)C)[C@H]2NC(C)=O)cc1. The van der Waals surface area contributed by atoms with E-state index in [0.717, 1.165) is 28.0 Å². The summed E-state index contributed by atoms with van der Waals surface area (Å²) in [6.45, 7) is 12.9. The summed E-state index contributed by atoms with van der Waals surface area (Å²) in [5.74, 6) is 0.610. The van der Waals surface area contributed by atoms with Crippen LogP contribution in [0.3, 0.4) is 0 Å². The van der Waals surface area contributed by atoms with Gasteiger partial charge in [0, 0.05) is 18.4 Å². The highest BCUT2D eigenvalue weighted by Gasteiger charge is 2.60. The summed E-state index contributed by atoms with van der Waals surface area (Å²) in [5.41, 5.74) is 3.55. The highest BCUT2D eigenvalue weighted by atomic mass is 28.4.